The number of amides is 1. The third-order valence-electron chi connectivity index (χ3n) is 5.04. The summed E-state index contributed by atoms with van der Waals surface area (Å²) in [5.41, 5.74) is 1.15. The molecular formula is C24H23ClFN3O5S. The highest BCUT2D eigenvalue weighted by atomic mass is 35.5. The fraction of sp³-hybridized carbons (Fsp3) is 0.167. The van der Waals surface area contributed by atoms with Gasteiger partial charge in [0, 0.05) is 19.7 Å². The van der Waals surface area contributed by atoms with Gasteiger partial charge in [0.1, 0.15) is 5.82 Å². The van der Waals surface area contributed by atoms with Gasteiger partial charge in [-0.05, 0) is 48.0 Å². The van der Waals surface area contributed by atoms with Crippen molar-refractivity contribution in [1.82, 2.24) is 4.31 Å². The molecule has 0 fully saturated rings. The largest absolute Gasteiger partial charge is 0.465 e. The first-order valence-electron chi connectivity index (χ1n) is 10.3. The topological polar surface area (TPSA) is 96.0 Å². The van der Waals surface area contributed by atoms with Crippen LogP contribution in [0.15, 0.2) is 66.7 Å². The Morgan fingerprint density at radius 2 is 1.63 bits per heavy atom. The van der Waals surface area contributed by atoms with E-state index in [1.54, 1.807) is 18.2 Å². The number of carbonyl (C=O) groups excluding carboxylic acids is 2. The number of nitrogens with one attached hydrogen (secondary N) is 1. The number of hydrogen-bond donors (Lipinski definition) is 1. The number of methoxy groups -OCH3 is 1. The molecule has 0 aromatic heterocycles. The third-order valence-corrected chi connectivity index (χ3v) is 7.17. The summed E-state index contributed by atoms with van der Waals surface area (Å²) in [6.07, 6.45) is 0. The summed E-state index contributed by atoms with van der Waals surface area (Å²) < 4.78 is 46.8. The Morgan fingerprint density at radius 1 is 1.00 bits per heavy atom. The highest BCUT2D eigenvalue weighted by Crippen LogP contribution is 2.26. The van der Waals surface area contributed by atoms with Gasteiger partial charge in [-0.25, -0.2) is 9.18 Å². The van der Waals surface area contributed by atoms with Gasteiger partial charge in [0.2, 0.25) is 0 Å². The molecule has 0 bridgehead atoms. The van der Waals surface area contributed by atoms with Crippen LogP contribution < -0.4 is 9.62 Å². The Hall–Kier alpha value is -3.47. The van der Waals surface area contributed by atoms with E-state index in [1.165, 1.54) is 69.7 Å². The molecule has 0 saturated carbocycles. The van der Waals surface area contributed by atoms with Crippen molar-refractivity contribution >= 4 is 45.1 Å². The molecule has 1 amide bonds. The Morgan fingerprint density at radius 3 is 2.23 bits per heavy atom. The van der Waals surface area contributed by atoms with E-state index in [1.807, 2.05) is 0 Å². The molecule has 0 saturated heterocycles. The smallest absolute Gasteiger partial charge is 0.337 e. The lowest BCUT2D eigenvalue weighted by Gasteiger charge is -2.27. The fourth-order valence-corrected chi connectivity index (χ4v) is 4.40. The van der Waals surface area contributed by atoms with E-state index in [0.717, 1.165) is 8.61 Å². The van der Waals surface area contributed by atoms with Crippen LogP contribution in [0.1, 0.15) is 26.3 Å². The van der Waals surface area contributed by atoms with Gasteiger partial charge < -0.3 is 10.1 Å². The molecule has 0 radical (unpaired) electrons. The van der Waals surface area contributed by atoms with Crippen molar-refractivity contribution in [2.45, 2.75) is 6.54 Å². The number of ether oxygens (including phenoxy) is 1. The highest BCUT2D eigenvalue weighted by molar-refractivity contribution is 7.90. The molecule has 3 aromatic rings. The van der Waals surface area contributed by atoms with Gasteiger partial charge in [0.15, 0.2) is 0 Å². The van der Waals surface area contributed by atoms with E-state index in [0.29, 0.717) is 5.56 Å². The van der Waals surface area contributed by atoms with Crippen LogP contribution >= 0.6 is 11.6 Å². The first-order chi connectivity index (χ1) is 16.5. The van der Waals surface area contributed by atoms with Crippen LogP contribution in [0.25, 0.3) is 0 Å². The van der Waals surface area contributed by atoms with Crippen molar-refractivity contribution in [2.24, 2.45) is 0 Å². The van der Waals surface area contributed by atoms with Crippen molar-refractivity contribution in [1.29, 1.82) is 0 Å². The maximum atomic E-state index is 14.4. The van der Waals surface area contributed by atoms with E-state index in [9.17, 15) is 22.4 Å². The standard InChI is InChI=1S/C24H23ClFN3O5S/c1-28(2)35(32,33)29(22-7-5-4-6-20(22)26)15-16-8-10-17(11-9-16)23(30)27-21-14-18(24(31)34-3)12-13-19(21)25/h4-14H,15H2,1-3H3,(H,27,30). The zero-order valence-electron chi connectivity index (χ0n) is 19.2. The van der Waals surface area contributed by atoms with Crippen LogP contribution in [-0.2, 0) is 21.5 Å². The molecule has 184 valence electrons. The van der Waals surface area contributed by atoms with E-state index < -0.39 is 27.9 Å². The molecule has 11 heteroatoms. The summed E-state index contributed by atoms with van der Waals surface area (Å²) in [5.74, 6) is -1.75. The highest BCUT2D eigenvalue weighted by Gasteiger charge is 2.27. The van der Waals surface area contributed by atoms with Crippen LogP contribution in [0, 0.1) is 5.82 Å². The summed E-state index contributed by atoms with van der Waals surface area (Å²) in [5, 5.41) is 2.87. The minimum atomic E-state index is -4.00. The molecule has 0 aliphatic rings. The van der Waals surface area contributed by atoms with Crippen LogP contribution in [0.5, 0.6) is 0 Å². The fourth-order valence-electron chi connectivity index (χ4n) is 3.13. The zero-order valence-corrected chi connectivity index (χ0v) is 20.7. The quantitative estimate of drug-likeness (QED) is 0.447. The first kappa shape index (κ1) is 26.1. The van der Waals surface area contributed by atoms with Crippen LogP contribution in [0.2, 0.25) is 5.02 Å². The summed E-state index contributed by atoms with van der Waals surface area (Å²) >= 11 is 6.13. The number of anilines is 2. The van der Waals surface area contributed by atoms with Gasteiger partial charge >= 0.3 is 16.2 Å². The van der Waals surface area contributed by atoms with Crippen molar-refractivity contribution in [3.05, 3.63) is 94.3 Å². The summed E-state index contributed by atoms with van der Waals surface area (Å²) in [6.45, 7) is -0.156. The van der Waals surface area contributed by atoms with E-state index >= 15 is 0 Å². The van der Waals surface area contributed by atoms with E-state index in [4.69, 9.17) is 11.6 Å². The van der Waals surface area contributed by atoms with Crippen molar-refractivity contribution < 1.29 is 27.1 Å². The SMILES string of the molecule is COC(=O)c1ccc(Cl)c(NC(=O)c2ccc(CN(c3ccccc3F)S(=O)(=O)N(C)C)cc2)c1. The molecule has 0 heterocycles. The summed E-state index contributed by atoms with van der Waals surface area (Å²) in [7, 11) is -0.0430. The number of carbonyl (C=O) groups is 2. The zero-order chi connectivity index (χ0) is 25.8. The molecule has 0 aliphatic carbocycles. The number of para-hydroxylation sites is 1. The Bertz CT molecular complexity index is 1350. The van der Waals surface area contributed by atoms with Crippen LogP contribution in [0.4, 0.5) is 15.8 Å². The summed E-state index contributed by atoms with van der Waals surface area (Å²) in [6, 6.07) is 16.1. The van der Waals surface area contributed by atoms with Gasteiger partial charge in [-0.15, -0.1) is 0 Å². The molecule has 0 unspecified atom stereocenters. The average Bonchev–Trinajstić information content (AvgIpc) is 2.84. The average molecular weight is 520 g/mol. The first-order valence-corrected chi connectivity index (χ1v) is 12.0. The number of nitrogens with zero attached hydrogens (tertiary/aromatic N) is 2. The van der Waals surface area contributed by atoms with Crippen LogP contribution in [0.3, 0.4) is 0 Å². The molecule has 8 nitrogen and oxygen atoms in total. The Kier molecular flexibility index (Phi) is 8.11. The predicted molar refractivity (Wildman–Crippen MR) is 132 cm³/mol. The summed E-state index contributed by atoms with van der Waals surface area (Å²) in [4.78, 5) is 24.5. The molecule has 1 N–H and O–H groups in total. The minimum Gasteiger partial charge on any atom is -0.465 e. The molecule has 3 rings (SSSR count). The monoisotopic (exact) mass is 519 g/mol. The number of hydrogen-bond acceptors (Lipinski definition) is 5. The van der Waals surface area contributed by atoms with Gasteiger partial charge in [-0.1, -0.05) is 35.9 Å². The Labute approximate surface area is 208 Å². The van der Waals surface area contributed by atoms with Crippen molar-refractivity contribution in [3.8, 4) is 0 Å². The molecule has 0 spiro atoms. The van der Waals surface area contributed by atoms with Gasteiger partial charge in [-0.2, -0.15) is 12.7 Å². The molecular weight excluding hydrogens is 497 g/mol. The van der Waals surface area contributed by atoms with Gasteiger partial charge in [0.25, 0.3) is 5.91 Å². The lowest BCUT2D eigenvalue weighted by Crippen LogP contribution is -2.40. The normalized spacial score (nSPS) is 11.3. The number of benzene rings is 3. The minimum absolute atomic E-state index is 0.0943. The third kappa shape index (κ3) is 5.97. The maximum Gasteiger partial charge on any atom is 0.337 e. The van der Waals surface area contributed by atoms with E-state index in [-0.39, 0.29) is 34.1 Å². The van der Waals surface area contributed by atoms with Gasteiger partial charge in [0.05, 0.1) is 35.6 Å². The van der Waals surface area contributed by atoms with E-state index in [2.05, 4.69) is 10.1 Å². The molecule has 35 heavy (non-hydrogen) atoms. The molecule has 0 atom stereocenters. The predicted octanol–water partition coefficient (Wildman–Crippen LogP) is 4.33. The lowest BCUT2D eigenvalue weighted by atomic mass is 10.1. The van der Waals surface area contributed by atoms with Crippen molar-refractivity contribution in [3.63, 3.8) is 0 Å². The maximum absolute atomic E-state index is 14.4. The second-order valence-electron chi connectivity index (χ2n) is 7.59. The number of esters is 1. The van der Waals surface area contributed by atoms with Gasteiger partial charge in [-0.3, -0.25) is 9.10 Å². The number of halogens is 2. The number of rotatable bonds is 8. The Balaban J connectivity index is 1.83. The lowest BCUT2D eigenvalue weighted by molar-refractivity contribution is 0.0600. The van der Waals surface area contributed by atoms with Crippen LogP contribution in [-0.4, -0.2) is 45.8 Å². The molecule has 0 aliphatic heterocycles. The second-order valence-corrected chi connectivity index (χ2v) is 10.1. The van der Waals surface area contributed by atoms with Crippen molar-refractivity contribution in [2.75, 3.05) is 30.8 Å². The molecule has 3 aromatic carbocycles. The second kappa shape index (κ2) is 10.9.